The summed E-state index contributed by atoms with van der Waals surface area (Å²) in [6.07, 6.45) is 3.17. The van der Waals surface area contributed by atoms with Gasteiger partial charge < -0.3 is 19.5 Å². The second kappa shape index (κ2) is 15.6. The lowest BCUT2D eigenvalue weighted by Crippen LogP contribution is -2.47. The Morgan fingerprint density at radius 1 is 1.14 bits per heavy atom. The maximum Gasteiger partial charge on any atom is 0.258 e. The van der Waals surface area contributed by atoms with Crippen LogP contribution in [0, 0.1) is 5.92 Å². The highest BCUT2D eigenvalue weighted by Crippen LogP contribution is 2.29. The van der Waals surface area contributed by atoms with Crippen LogP contribution < -0.4 is 9.46 Å². The van der Waals surface area contributed by atoms with Gasteiger partial charge in [-0.1, -0.05) is 36.2 Å². The molecular formula is C30H43Cl2N3O6S. The van der Waals surface area contributed by atoms with Crippen LogP contribution in [0.4, 0.5) is 5.69 Å². The zero-order valence-corrected chi connectivity index (χ0v) is 27.3. The maximum atomic E-state index is 14.1. The second-order valence-corrected chi connectivity index (χ2v) is 13.9. The fraction of sp³-hybridized carbons (Fsp3) is 0.567. The lowest BCUT2D eigenvalue weighted by molar-refractivity contribution is -0.0177. The topological polar surface area (TPSA) is 108 Å². The molecule has 9 nitrogen and oxygen atoms in total. The molecule has 3 rings (SSSR count). The molecular weight excluding hydrogens is 601 g/mol. The fourth-order valence-electron chi connectivity index (χ4n) is 4.98. The first-order valence-electron chi connectivity index (χ1n) is 14.2. The summed E-state index contributed by atoms with van der Waals surface area (Å²) in [4.78, 5) is 17.9. The van der Waals surface area contributed by atoms with Gasteiger partial charge in [-0.3, -0.25) is 14.4 Å². The summed E-state index contributed by atoms with van der Waals surface area (Å²) in [5, 5.41) is 11.1. The Morgan fingerprint density at radius 3 is 2.55 bits per heavy atom. The largest absolute Gasteiger partial charge is 0.490 e. The number of nitrogens with one attached hydrogen (secondary N) is 1. The van der Waals surface area contributed by atoms with Crippen LogP contribution in [0.15, 0.2) is 36.4 Å². The molecule has 1 heterocycles. The van der Waals surface area contributed by atoms with Crippen molar-refractivity contribution < 1.29 is 27.8 Å². The van der Waals surface area contributed by atoms with E-state index < -0.39 is 16.1 Å². The quantitative estimate of drug-likeness (QED) is 0.402. The Labute approximate surface area is 260 Å². The van der Waals surface area contributed by atoms with E-state index in [1.54, 1.807) is 30.0 Å². The minimum atomic E-state index is -3.56. The number of sulfonamides is 1. The van der Waals surface area contributed by atoms with Gasteiger partial charge in [0.05, 0.1) is 46.7 Å². The molecule has 0 spiro atoms. The second-order valence-electron chi connectivity index (χ2n) is 11.3. The van der Waals surface area contributed by atoms with E-state index in [1.807, 2.05) is 33.0 Å². The molecule has 0 radical (unpaired) electrons. The lowest BCUT2D eigenvalue weighted by atomic mass is 10.0. The first kappa shape index (κ1) is 34.4. The summed E-state index contributed by atoms with van der Waals surface area (Å²) in [5.74, 6) is -0.0777. The summed E-state index contributed by atoms with van der Waals surface area (Å²) < 4.78 is 38.9. The lowest BCUT2D eigenvalue weighted by Gasteiger charge is -2.36. The number of carbonyl (C=O) groups excluding carboxylic acids is 1. The molecule has 0 saturated carbocycles. The highest BCUT2D eigenvalue weighted by molar-refractivity contribution is 7.92. The van der Waals surface area contributed by atoms with Gasteiger partial charge in [0.1, 0.15) is 5.75 Å². The minimum absolute atomic E-state index is 0.0947. The molecule has 2 aromatic carbocycles. The minimum Gasteiger partial charge on any atom is -0.490 e. The van der Waals surface area contributed by atoms with Crippen LogP contribution in [0.3, 0.4) is 0 Å². The number of aliphatic hydroxyl groups excluding tert-OH is 1. The average Bonchev–Trinajstić information content (AvgIpc) is 2.91. The van der Waals surface area contributed by atoms with Crippen molar-refractivity contribution in [3.63, 3.8) is 0 Å². The van der Waals surface area contributed by atoms with E-state index in [2.05, 4.69) is 9.62 Å². The molecule has 0 aliphatic carbocycles. The number of anilines is 1. The van der Waals surface area contributed by atoms with E-state index >= 15 is 0 Å². The van der Waals surface area contributed by atoms with Crippen LogP contribution >= 0.6 is 23.2 Å². The molecule has 234 valence electrons. The molecule has 0 saturated heterocycles. The van der Waals surface area contributed by atoms with Crippen LogP contribution in [-0.4, -0.2) is 87.1 Å². The highest BCUT2D eigenvalue weighted by atomic mass is 35.5. The van der Waals surface area contributed by atoms with Gasteiger partial charge in [0.25, 0.3) is 5.91 Å². The zero-order valence-electron chi connectivity index (χ0n) is 25.0. The van der Waals surface area contributed by atoms with Crippen LogP contribution in [0.2, 0.25) is 10.0 Å². The van der Waals surface area contributed by atoms with Crippen molar-refractivity contribution in [2.24, 2.45) is 5.92 Å². The third-order valence-corrected chi connectivity index (χ3v) is 8.63. The van der Waals surface area contributed by atoms with Gasteiger partial charge in [0.15, 0.2) is 0 Å². The predicted octanol–water partition coefficient (Wildman–Crippen LogP) is 5.29. The van der Waals surface area contributed by atoms with Crippen molar-refractivity contribution in [3.8, 4) is 5.75 Å². The molecule has 42 heavy (non-hydrogen) atoms. The standard InChI is InChI=1S/C30H43Cl2N3O6S/c1-20-16-35(21(2)19-36)30(37)25-15-24(33-42(5,38)39)10-12-28(25)41-22(3)8-6-7-13-40-29(20)18-34(4)17-23-9-11-26(31)27(32)14-23/h9-12,14-15,20-22,29,33,36H,6-8,13,16-19H2,1-5H3/t20-,21+,22-,29-/m1/s1. The first-order chi connectivity index (χ1) is 19.8. The third kappa shape index (κ3) is 10.3. The number of halogens is 2. The molecule has 0 aromatic heterocycles. The zero-order chi connectivity index (χ0) is 31.0. The number of hydrogen-bond acceptors (Lipinski definition) is 7. The normalized spacial score (nSPS) is 21.8. The molecule has 2 N–H and O–H groups in total. The van der Waals surface area contributed by atoms with Crippen molar-refractivity contribution in [2.75, 3.05) is 44.3 Å². The van der Waals surface area contributed by atoms with E-state index in [9.17, 15) is 18.3 Å². The third-order valence-electron chi connectivity index (χ3n) is 7.28. The number of rotatable bonds is 8. The van der Waals surface area contributed by atoms with E-state index in [-0.39, 0.29) is 41.9 Å². The van der Waals surface area contributed by atoms with Crippen molar-refractivity contribution in [1.29, 1.82) is 0 Å². The summed E-state index contributed by atoms with van der Waals surface area (Å²) in [7, 11) is -1.55. The van der Waals surface area contributed by atoms with Gasteiger partial charge in [0.2, 0.25) is 10.0 Å². The summed E-state index contributed by atoms with van der Waals surface area (Å²) in [6, 6.07) is 9.79. The van der Waals surface area contributed by atoms with Gasteiger partial charge in [-0.15, -0.1) is 0 Å². The van der Waals surface area contributed by atoms with Crippen molar-refractivity contribution >= 4 is 44.8 Å². The van der Waals surface area contributed by atoms with E-state index in [0.29, 0.717) is 42.0 Å². The Kier molecular flexibility index (Phi) is 12.8. The average molecular weight is 645 g/mol. The molecule has 0 bridgehead atoms. The molecule has 1 aliphatic heterocycles. The smallest absolute Gasteiger partial charge is 0.258 e. The highest BCUT2D eigenvalue weighted by Gasteiger charge is 2.30. The SMILES string of the molecule is C[C@@H]1CCCCO[C@H](CN(C)Cc2ccc(Cl)c(Cl)c2)[C@H](C)CN([C@@H](C)CO)C(=O)c2cc(NS(C)(=O)=O)ccc2O1. The molecule has 4 atom stereocenters. The van der Waals surface area contributed by atoms with Crippen molar-refractivity contribution in [3.05, 3.63) is 57.6 Å². The molecule has 12 heteroatoms. The maximum absolute atomic E-state index is 14.1. The number of nitrogens with zero attached hydrogens (tertiary/aromatic N) is 2. The fourth-order valence-corrected chi connectivity index (χ4v) is 5.86. The Balaban J connectivity index is 1.92. The Bertz CT molecular complexity index is 1310. The Morgan fingerprint density at radius 2 is 1.88 bits per heavy atom. The number of fused-ring (bicyclic) bond motifs is 1. The molecule has 2 aromatic rings. The molecule has 0 unspecified atom stereocenters. The molecule has 1 amide bonds. The predicted molar refractivity (Wildman–Crippen MR) is 168 cm³/mol. The first-order valence-corrected chi connectivity index (χ1v) is 16.9. The number of likely N-dealkylation sites (N-methyl/N-ethyl adjacent to an activating group) is 1. The van der Waals surface area contributed by atoms with E-state index in [4.69, 9.17) is 32.7 Å². The van der Waals surface area contributed by atoms with Crippen LogP contribution in [0.5, 0.6) is 5.75 Å². The molecule has 0 fully saturated rings. The summed E-state index contributed by atoms with van der Waals surface area (Å²) in [6.45, 7) is 7.65. The van der Waals surface area contributed by atoms with Crippen molar-refractivity contribution in [1.82, 2.24) is 9.80 Å². The van der Waals surface area contributed by atoms with Gasteiger partial charge in [-0.2, -0.15) is 0 Å². The van der Waals surface area contributed by atoms with Gasteiger partial charge in [-0.25, -0.2) is 8.42 Å². The number of ether oxygens (including phenoxy) is 2. The van der Waals surface area contributed by atoms with Crippen LogP contribution in [-0.2, 0) is 21.3 Å². The van der Waals surface area contributed by atoms with Gasteiger partial charge >= 0.3 is 0 Å². The molecule has 1 aliphatic rings. The Hall–Kier alpha value is -2.08. The van der Waals surface area contributed by atoms with E-state index in [0.717, 1.165) is 31.1 Å². The monoisotopic (exact) mass is 643 g/mol. The number of carbonyl (C=O) groups is 1. The number of benzene rings is 2. The van der Waals surface area contributed by atoms with Gasteiger partial charge in [-0.05, 0) is 76.1 Å². The summed E-state index contributed by atoms with van der Waals surface area (Å²) in [5.41, 5.74) is 1.52. The number of amides is 1. The van der Waals surface area contributed by atoms with E-state index in [1.165, 1.54) is 6.07 Å². The summed E-state index contributed by atoms with van der Waals surface area (Å²) >= 11 is 12.3. The number of hydrogen-bond donors (Lipinski definition) is 2. The number of aliphatic hydroxyl groups is 1. The van der Waals surface area contributed by atoms with Crippen LogP contribution in [0.25, 0.3) is 0 Å². The van der Waals surface area contributed by atoms with Crippen molar-refractivity contribution in [2.45, 2.75) is 64.8 Å². The van der Waals surface area contributed by atoms with Crippen LogP contribution in [0.1, 0.15) is 56.0 Å². The van der Waals surface area contributed by atoms with Gasteiger partial charge in [0, 0.05) is 37.8 Å².